The van der Waals surface area contributed by atoms with Gasteiger partial charge >= 0.3 is 0 Å². The molecule has 0 saturated heterocycles. The van der Waals surface area contributed by atoms with Crippen LogP contribution in [0.3, 0.4) is 0 Å². The summed E-state index contributed by atoms with van der Waals surface area (Å²) in [5.41, 5.74) is 0. The molecule has 0 heterocycles. The van der Waals surface area contributed by atoms with Crippen LogP contribution in [0.25, 0.3) is 0 Å². The van der Waals surface area contributed by atoms with Crippen molar-refractivity contribution in [3.8, 4) is 0 Å². The fourth-order valence-electron chi connectivity index (χ4n) is 0.865. The largest absolute Gasteiger partial charge is 0.293 e. The van der Waals surface area contributed by atoms with Gasteiger partial charge in [-0.15, -0.1) is 0 Å². The van der Waals surface area contributed by atoms with E-state index in [9.17, 15) is 13.2 Å². The Bertz CT molecular complexity index is 252. The Morgan fingerprint density at radius 3 is 2.11 bits per heavy atom. The summed E-state index contributed by atoms with van der Waals surface area (Å²) in [5.74, 6) is -0.205. The molecule has 0 aromatic heterocycles. The van der Waals surface area contributed by atoms with E-state index in [1.807, 2.05) is 0 Å². The lowest BCUT2D eigenvalue weighted by atomic mass is 10.4. The van der Waals surface area contributed by atoms with Gasteiger partial charge in [-0.3, -0.25) is 4.79 Å². The maximum Gasteiger partial charge on any atom is 0.220 e. The molecule has 0 aromatic rings. The number of carbonyl (C=O) groups excluding carboxylic acids is 1. The molecule has 1 aliphatic carbocycles. The fraction of sp³-hybridized carbons (Fsp3) is 0.600. The Balaban J connectivity index is 3.12. The molecule has 1 rings (SSSR count). The van der Waals surface area contributed by atoms with Crippen LogP contribution in [0, 0.1) is 0 Å². The standard InChI is InChI=1S/C5H6O3S/c6-4-2-1-3-5(4)9(7)8/h1-3H2. The van der Waals surface area contributed by atoms with E-state index in [4.69, 9.17) is 0 Å². The van der Waals surface area contributed by atoms with Crippen molar-refractivity contribution in [2.75, 3.05) is 0 Å². The summed E-state index contributed by atoms with van der Waals surface area (Å²) in [6.45, 7) is 0. The molecule has 0 aromatic carbocycles. The van der Waals surface area contributed by atoms with Crippen molar-refractivity contribution in [2.24, 2.45) is 0 Å². The number of hydrogen-bond acceptors (Lipinski definition) is 3. The Kier molecular flexibility index (Phi) is 1.66. The van der Waals surface area contributed by atoms with Gasteiger partial charge in [-0.25, -0.2) is 0 Å². The fourth-order valence-corrected chi connectivity index (χ4v) is 1.46. The monoisotopic (exact) mass is 146 g/mol. The minimum atomic E-state index is -2.25. The predicted molar refractivity (Wildman–Crippen MR) is 32.8 cm³/mol. The minimum absolute atomic E-state index is 0.0787. The minimum Gasteiger partial charge on any atom is -0.293 e. The zero-order chi connectivity index (χ0) is 6.85. The first-order valence-corrected chi connectivity index (χ1v) is 3.77. The van der Waals surface area contributed by atoms with Crippen molar-refractivity contribution in [1.29, 1.82) is 0 Å². The second kappa shape index (κ2) is 2.31. The first-order valence-electron chi connectivity index (χ1n) is 2.70. The van der Waals surface area contributed by atoms with Crippen LogP contribution >= 0.6 is 0 Å². The Morgan fingerprint density at radius 2 is 1.89 bits per heavy atom. The number of carbonyl (C=O) groups is 1. The first kappa shape index (κ1) is 6.48. The lowest BCUT2D eigenvalue weighted by Gasteiger charge is -1.77. The summed E-state index contributed by atoms with van der Waals surface area (Å²) in [4.78, 5) is 10.7. The van der Waals surface area contributed by atoms with E-state index in [1.165, 1.54) is 0 Å². The van der Waals surface area contributed by atoms with Crippen molar-refractivity contribution in [1.82, 2.24) is 0 Å². The molecule has 1 saturated carbocycles. The third kappa shape index (κ3) is 1.18. The maximum absolute atomic E-state index is 10.6. The smallest absolute Gasteiger partial charge is 0.220 e. The summed E-state index contributed by atoms with van der Waals surface area (Å²) in [6.07, 6.45) is 1.54. The molecular formula is C5H6O3S. The van der Waals surface area contributed by atoms with Crippen LogP contribution in [0.1, 0.15) is 19.3 Å². The number of ketones is 1. The third-order valence-electron chi connectivity index (χ3n) is 1.32. The second-order valence-electron chi connectivity index (χ2n) is 1.93. The van der Waals surface area contributed by atoms with Gasteiger partial charge in [0.25, 0.3) is 0 Å². The lowest BCUT2D eigenvalue weighted by Crippen LogP contribution is -2.04. The van der Waals surface area contributed by atoms with Gasteiger partial charge in [-0.1, -0.05) is 0 Å². The van der Waals surface area contributed by atoms with E-state index >= 15 is 0 Å². The van der Waals surface area contributed by atoms with E-state index in [-0.39, 0.29) is 10.6 Å². The average molecular weight is 146 g/mol. The summed E-state index contributed by atoms with van der Waals surface area (Å²) in [5, 5.41) is 0. The van der Waals surface area contributed by atoms with Crippen LogP contribution in [0.5, 0.6) is 0 Å². The first-order chi connectivity index (χ1) is 4.22. The van der Waals surface area contributed by atoms with Crippen molar-refractivity contribution in [3.05, 3.63) is 0 Å². The predicted octanol–water partition coefficient (Wildman–Crippen LogP) is -0.209. The summed E-state index contributed by atoms with van der Waals surface area (Å²) in [6, 6.07) is 0. The molecule has 0 aliphatic heterocycles. The van der Waals surface area contributed by atoms with Crippen LogP contribution in [0.2, 0.25) is 0 Å². The highest BCUT2D eigenvalue weighted by Crippen LogP contribution is 2.09. The van der Waals surface area contributed by atoms with Crippen molar-refractivity contribution in [2.45, 2.75) is 19.3 Å². The zero-order valence-corrected chi connectivity index (χ0v) is 5.57. The Labute approximate surface area is 54.2 Å². The molecule has 1 aliphatic rings. The van der Waals surface area contributed by atoms with Gasteiger partial charge in [-0.2, -0.15) is 8.42 Å². The van der Waals surface area contributed by atoms with Gasteiger partial charge in [0, 0.05) is 6.42 Å². The molecule has 0 N–H and O–H groups in total. The van der Waals surface area contributed by atoms with E-state index in [0.717, 1.165) is 0 Å². The summed E-state index contributed by atoms with van der Waals surface area (Å²) >= 11 is 0. The average Bonchev–Trinajstić information content (AvgIpc) is 2.13. The topological polar surface area (TPSA) is 51.2 Å². The highest BCUT2D eigenvalue weighted by molar-refractivity contribution is 7.74. The molecule has 0 radical (unpaired) electrons. The third-order valence-corrected chi connectivity index (χ3v) is 2.15. The molecule has 0 unspecified atom stereocenters. The van der Waals surface area contributed by atoms with E-state index in [0.29, 0.717) is 19.3 Å². The molecule has 0 bridgehead atoms. The second-order valence-corrected chi connectivity index (χ2v) is 2.90. The normalized spacial score (nSPS) is 18.7. The summed E-state index contributed by atoms with van der Waals surface area (Å²) < 4.78 is 20.3. The maximum atomic E-state index is 10.6. The van der Waals surface area contributed by atoms with Gasteiger partial charge in [0.15, 0.2) is 5.78 Å². The number of rotatable bonds is 0. The van der Waals surface area contributed by atoms with Crippen LogP contribution < -0.4 is 0 Å². The molecule has 0 spiro atoms. The SMILES string of the molecule is O=C1CCCC1=S(=O)=O. The van der Waals surface area contributed by atoms with Crippen LogP contribution in [0.4, 0.5) is 0 Å². The number of Topliss-reactive ketones (excluding diaryl/α,β-unsaturated/α-hetero) is 1. The molecule has 4 heteroatoms. The van der Waals surface area contributed by atoms with Gasteiger partial charge in [0.05, 0.1) is 0 Å². The van der Waals surface area contributed by atoms with Crippen LogP contribution in [-0.4, -0.2) is 19.1 Å². The van der Waals surface area contributed by atoms with Gasteiger partial charge in [0.2, 0.25) is 10.3 Å². The van der Waals surface area contributed by atoms with E-state index in [2.05, 4.69) is 0 Å². The van der Waals surface area contributed by atoms with Crippen molar-refractivity contribution in [3.63, 3.8) is 0 Å². The van der Waals surface area contributed by atoms with Crippen molar-refractivity contribution >= 4 is 20.9 Å². The van der Waals surface area contributed by atoms with Gasteiger partial charge in [-0.05, 0) is 12.8 Å². The van der Waals surface area contributed by atoms with Crippen LogP contribution in [-0.2, 0) is 15.1 Å². The molecule has 50 valence electrons. The van der Waals surface area contributed by atoms with Crippen LogP contribution in [0.15, 0.2) is 0 Å². The highest BCUT2D eigenvalue weighted by atomic mass is 32.2. The molecular weight excluding hydrogens is 140 g/mol. The highest BCUT2D eigenvalue weighted by Gasteiger charge is 2.19. The zero-order valence-electron chi connectivity index (χ0n) is 4.75. The molecule has 9 heavy (non-hydrogen) atoms. The summed E-state index contributed by atoms with van der Waals surface area (Å²) in [7, 11) is -2.25. The Hall–Kier alpha value is -0.640. The molecule has 3 nitrogen and oxygen atoms in total. The lowest BCUT2D eigenvalue weighted by molar-refractivity contribution is -0.112. The number of hydrogen-bond donors (Lipinski definition) is 0. The van der Waals surface area contributed by atoms with E-state index in [1.54, 1.807) is 0 Å². The molecule has 0 atom stereocenters. The molecule has 1 fully saturated rings. The van der Waals surface area contributed by atoms with Gasteiger partial charge < -0.3 is 0 Å². The van der Waals surface area contributed by atoms with E-state index < -0.39 is 10.3 Å². The quantitative estimate of drug-likeness (QED) is 0.444. The van der Waals surface area contributed by atoms with Gasteiger partial charge in [0.1, 0.15) is 4.86 Å². The van der Waals surface area contributed by atoms with Crippen molar-refractivity contribution < 1.29 is 13.2 Å². The molecule has 0 amide bonds. The Morgan fingerprint density at radius 1 is 1.22 bits per heavy atom.